The van der Waals surface area contributed by atoms with E-state index in [-0.39, 0.29) is 0 Å². The molecule has 2 aliphatic heterocycles. The Morgan fingerprint density at radius 1 is 1.13 bits per heavy atom. The molecule has 2 saturated heterocycles. The van der Waals surface area contributed by atoms with E-state index in [1.807, 2.05) is 22.8 Å². The lowest BCUT2D eigenvalue weighted by Crippen LogP contribution is -2.49. The van der Waals surface area contributed by atoms with Crippen molar-refractivity contribution < 1.29 is 4.79 Å². The molecular formula is C16H28N6O. The van der Waals surface area contributed by atoms with Crippen molar-refractivity contribution in [1.29, 1.82) is 0 Å². The summed E-state index contributed by atoms with van der Waals surface area (Å²) in [6.07, 6.45) is 4.68. The first kappa shape index (κ1) is 16.4. The van der Waals surface area contributed by atoms with Gasteiger partial charge in [-0.15, -0.1) is 0 Å². The molecule has 0 spiro atoms. The van der Waals surface area contributed by atoms with Crippen molar-refractivity contribution in [3.8, 4) is 0 Å². The Morgan fingerprint density at radius 3 is 2.48 bits per heavy atom. The maximum absolute atomic E-state index is 12.2. The summed E-state index contributed by atoms with van der Waals surface area (Å²) in [6.45, 7) is 9.68. The first-order valence-electron chi connectivity index (χ1n) is 8.61. The van der Waals surface area contributed by atoms with Crippen LogP contribution in [0.1, 0.15) is 12.0 Å². The highest BCUT2D eigenvalue weighted by molar-refractivity contribution is 5.76. The van der Waals surface area contributed by atoms with Crippen LogP contribution in [0.5, 0.6) is 0 Å². The van der Waals surface area contributed by atoms with Gasteiger partial charge in [-0.3, -0.25) is 14.4 Å². The van der Waals surface area contributed by atoms with Crippen LogP contribution >= 0.6 is 0 Å². The number of aromatic nitrogens is 2. The van der Waals surface area contributed by atoms with E-state index in [0.29, 0.717) is 12.3 Å². The van der Waals surface area contributed by atoms with E-state index in [4.69, 9.17) is 0 Å². The van der Waals surface area contributed by atoms with E-state index in [2.05, 4.69) is 26.4 Å². The average molecular weight is 320 g/mol. The van der Waals surface area contributed by atoms with Crippen molar-refractivity contribution in [2.75, 3.05) is 58.9 Å². The second-order valence-corrected chi connectivity index (χ2v) is 6.52. The molecule has 0 saturated carbocycles. The van der Waals surface area contributed by atoms with Crippen LogP contribution in [0, 0.1) is 0 Å². The molecule has 0 bridgehead atoms. The molecule has 1 amide bonds. The van der Waals surface area contributed by atoms with Crippen molar-refractivity contribution in [2.45, 2.75) is 13.0 Å². The second kappa shape index (κ2) is 7.90. The lowest BCUT2D eigenvalue weighted by Gasteiger charge is -2.35. The average Bonchev–Trinajstić information content (AvgIpc) is 2.99. The van der Waals surface area contributed by atoms with Crippen LogP contribution < -0.4 is 5.32 Å². The zero-order valence-corrected chi connectivity index (χ0v) is 14.1. The van der Waals surface area contributed by atoms with Gasteiger partial charge < -0.3 is 15.1 Å². The number of nitrogens with one attached hydrogen (secondary N) is 1. The Bertz CT molecular complexity index is 502. The summed E-state index contributed by atoms with van der Waals surface area (Å²) in [7, 11) is 1.96. The Kier molecular flexibility index (Phi) is 5.64. The van der Waals surface area contributed by atoms with Gasteiger partial charge in [0.25, 0.3) is 0 Å². The van der Waals surface area contributed by atoms with Gasteiger partial charge in [0.15, 0.2) is 0 Å². The molecule has 0 radical (unpaired) electrons. The second-order valence-electron chi connectivity index (χ2n) is 6.52. The number of aryl methyl sites for hydroxylation is 1. The standard InChI is InChI=1S/C16H28N6O/c1-19-13-15(12-18-19)14-21-10-8-20(9-11-21)5-2-16(23)22-6-3-17-4-7-22/h12-13,17H,2-11,14H2,1H3. The molecule has 1 aromatic heterocycles. The number of rotatable bonds is 5. The summed E-state index contributed by atoms with van der Waals surface area (Å²) >= 11 is 0. The zero-order valence-electron chi connectivity index (χ0n) is 14.1. The van der Waals surface area contributed by atoms with Crippen molar-refractivity contribution in [1.82, 2.24) is 29.8 Å². The van der Waals surface area contributed by atoms with E-state index < -0.39 is 0 Å². The summed E-state index contributed by atoms with van der Waals surface area (Å²) in [6, 6.07) is 0. The molecule has 2 fully saturated rings. The van der Waals surface area contributed by atoms with Crippen molar-refractivity contribution in [2.24, 2.45) is 7.05 Å². The van der Waals surface area contributed by atoms with Crippen molar-refractivity contribution in [3.63, 3.8) is 0 Å². The number of carbonyl (C=O) groups excluding carboxylic acids is 1. The minimum absolute atomic E-state index is 0.310. The third kappa shape index (κ3) is 4.76. The van der Waals surface area contributed by atoms with Gasteiger partial charge >= 0.3 is 0 Å². The largest absolute Gasteiger partial charge is 0.340 e. The molecule has 3 heterocycles. The van der Waals surface area contributed by atoms with E-state index >= 15 is 0 Å². The zero-order chi connectivity index (χ0) is 16.1. The highest BCUT2D eigenvalue weighted by Crippen LogP contribution is 2.08. The number of hydrogen-bond acceptors (Lipinski definition) is 5. The molecule has 2 aliphatic rings. The lowest BCUT2D eigenvalue weighted by atomic mass is 10.2. The summed E-state index contributed by atoms with van der Waals surface area (Å²) in [5, 5.41) is 7.51. The van der Waals surface area contributed by atoms with Crippen molar-refractivity contribution in [3.05, 3.63) is 18.0 Å². The summed E-state index contributed by atoms with van der Waals surface area (Å²) in [5.41, 5.74) is 1.27. The summed E-state index contributed by atoms with van der Waals surface area (Å²) in [4.78, 5) is 19.1. The predicted octanol–water partition coefficient (Wildman–Crippen LogP) is -0.640. The number of hydrogen-bond donors (Lipinski definition) is 1. The molecule has 7 nitrogen and oxygen atoms in total. The number of carbonyl (C=O) groups is 1. The maximum atomic E-state index is 12.2. The smallest absolute Gasteiger partial charge is 0.223 e. The SMILES string of the molecule is Cn1cc(CN2CCN(CCC(=O)N3CCNCC3)CC2)cn1. The number of piperazine rings is 2. The Morgan fingerprint density at radius 2 is 1.83 bits per heavy atom. The van der Waals surface area contributed by atoms with Crippen LogP contribution in [0.3, 0.4) is 0 Å². The number of amides is 1. The third-order valence-electron chi connectivity index (χ3n) is 4.74. The topological polar surface area (TPSA) is 56.6 Å². The van der Waals surface area contributed by atoms with Crippen molar-refractivity contribution >= 4 is 5.91 Å². The highest BCUT2D eigenvalue weighted by Gasteiger charge is 2.20. The monoisotopic (exact) mass is 320 g/mol. The van der Waals surface area contributed by atoms with Gasteiger partial charge in [0, 0.05) is 90.7 Å². The molecule has 23 heavy (non-hydrogen) atoms. The van der Waals surface area contributed by atoms with Crippen LogP contribution in [-0.2, 0) is 18.4 Å². The molecule has 1 N–H and O–H groups in total. The summed E-state index contributed by atoms with van der Waals surface area (Å²) in [5.74, 6) is 0.310. The third-order valence-corrected chi connectivity index (χ3v) is 4.74. The van der Waals surface area contributed by atoms with Crippen LogP contribution in [0.15, 0.2) is 12.4 Å². The molecule has 1 aromatic rings. The molecule has 0 aromatic carbocycles. The molecule has 0 atom stereocenters. The van der Waals surface area contributed by atoms with Gasteiger partial charge in [-0.2, -0.15) is 5.10 Å². The van der Waals surface area contributed by atoms with E-state index in [1.165, 1.54) is 5.56 Å². The maximum Gasteiger partial charge on any atom is 0.223 e. The molecule has 7 heteroatoms. The molecule has 128 valence electrons. The van der Waals surface area contributed by atoms with Gasteiger partial charge in [-0.05, 0) is 0 Å². The van der Waals surface area contributed by atoms with Gasteiger partial charge in [-0.1, -0.05) is 0 Å². The Balaban J connectivity index is 1.35. The molecule has 0 unspecified atom stereocenters. The first-order chi connectivity index (χ1) is 11.2. The Hall–Kier alpha value is -1.44. The van der Waals surface area contributed by atoms with Crippen LogP contribution in [-0.4, -0.2) is 89.3 Å². The highest BCUT2D eigenvalue weighted by atomic mass is 16.2. The van der Waals surface area contributed by atoms with E-state index in [1.54, 1.807) is 0 Å². The normalized spacial score (nSPS) is 20.8. The summed E-state index contributed by atoms with van der Waals surface area (Å²) < 4.78 is 1.85. The van der Waals surface area contributed by atoms with Gasteiger partial charge in [0.05, 0.1) is 6.20 Å². The molecule has 3 rings (SSSR count). The van der Waals surface area contributed by atoms with Crippen LogP contribution in [0.25, 0.3) is 0 Å². The Labute approximate surface area is 138 Å². The fourth-order valence-electron chi connectivity index (χ4n) is 3.31. The lowest BCUT2D eigenvalue weighted by molar-refractivity contribution is -0.132. The van der Waals surface area contributed by atoms with E-state index in [0.717, 1.165) is 65.4 Å². The fraction of sp³-hybridized carbons (Fsp3) is 0.750. The first-order valence-corrected chi connectivity index (χ1v) is 8.61. The van der Waals surface area contributed by atoms with Gasteiger partial charge in [0.2, 0.25) is 5.91 Å². The molecule has 0 aliphatic carbocycles. The van der Waals surface area contributed by atoms with Crippen LogP contribution in [0.2, 0.25) is 0 Å². The predicted molar refractivity (Wildman–Crippen MR) is 89.0 cm³/mol. The quantitative estimate of drug-likeness (QED) is 0.782. The number of nitrogens with zero attached hydrogens (tertiary/aromatic N) is 5. The van der Waals surface area contributed by atoms with E-state index in [9.17, 15) is 4.79 Å². The van der Waals surface area contributed by atoms with Gasteiger partial charge in [0.1, 0.15) is 0 Å². The molecular weight excluding hydrogens is 292 g/mol. The van der Waals surface area contributed by atoms with Crippen LogP contribution in [0.4, 0.5) is 0 Å². The minimum atomic E-state index is 0.310. The van der Waals surface area contributed by atoms with Gasteiger partial charge in [-0.25, -0.2) is 0 Å². The fourth-order valence-corrected chi connectivity index (χ4v) is 3.31. The minimum Gasteiger partial charge on any atom is -0.340 e.